The van der Waals surface area contributed by atoms with Crippen molar-refractivity contribution >= 4 is 28.1 Å². The van der Waals surface area contributed by atoms with Crippen molar-refractivity contribution in [3.8, 4) is 21.9 Å². The molecule has 2 heterocycles. The third-order valence-corrected chi connectivity index (χ3v) is 4.79. The average molecular weight is 338 g/mol. The second-order valence-corrected chi connectivity index (χ2v) is 6.43. The molecule has 0 saturated heterocycles. The molecule has 7 heteroatoms. The molecular weight excluding hydrogens is 324 g/mol. The van der Waals surface area contributed by atoms with E-state index < -0.39 is 0 Å². The standard InChI is InChI=1S/C17H14N4O2S/c1-20(2)15-10-7-8-19-24-16(10)13-14(15)18-9-21(17(13)23)11-5-3-4-6-12(11)22/h3-9,22H,1-2H3. The van der Waals surface area contributed by atoms with Gasteiger partial charge in [-0.2, -0.15) is 0 Å². The van der Waals surface area contributed by atoms with Crippen LogP contribution < -0.4 is 10.5 Å². The highest BCUT2D eigenvalue weighted by Gasteiger charge is 2.24. The van der Waals surface area contributed by atoms with E-state index in [9.17, 15) is 9.90 Å². The Labute approximate surface area is 141 Å². The van der Waals surface area contributed by atoms with E-state index in [0.717, 1.165) is 16.1 Å². The number of para-hydroxylation sites is 2. The quantitative estimate of drug-likeness (QED) is 0.608. The monoisotopic (exact) mass is 338 g/mol. The van der Waals surface area contributed by atoms with E-state index in [1.54, 1.807) is 30.5 Å². The van der Waals surface area contributed by atoms with Gasteiger partial charge in [-0.15, -0.1) is 0 Å². The summed E-state index contributed by atoms with van der Waals surface area (Å²) in [5, 5.41) is 10.6. The van der Waals surface area contributed by atoms with E-state index >= 15 is 0 Å². The number of aromatic nitrogens is 3. The second kappa shape index (κ2) is 5.31. The molecule has 2 aliphatic rings. The number of benzene rings is 1. The lowest BCUT2D eigenvalue weighted by molar-refractivity contribution is 0.471. The van der Waals surface area contributed by atoms with Gasteiger partial charge in [-0.3, -0.25) is 9.36 Å². The fraction of sp³-hybridized carbons (Fsp3) is 0.118. The van der Waals surface area contributed by atoms with Gasteiger partial charge in [-0.1, -0.05) is 12.1 Å². The summed E-state index contributed by atoms with van der Waals surface area (Å²) in [6.07, 6.45) is 3.18. The van der Waals surface area contributed by atoms with Crippen molar-refractivity contribution in [2.45, 2.75) is 0 Å². The lowest BCUT2D eigenvalue weighted by Gasteiger charge is -2.13. The Hall–Kier alpha value is -2.93. The Bertz CT molecular complexity index is 1080. The highest BCUT2D eigenvalue weighted by Crippen LogP contribution is 2.43. The zero-order valence-corrected chi connectivity index (χ0v) is 13.9. The van der Waals surface area contributed by atoms with Crippen molar-refractivity contribution < 1.29 is 5.11 Å². The maximum atomic E-state index is 13.1. The predicted molar refractivity (Wildman–Crippen MR) is 95.6 cm³/mol. The molecule has 0 unspecified atom stereocenters. The van der Waals surface area contributed by atoms with Crippen LogP contribution in [0.5, 0.6) is 5.75 Å². The SMILES string of the molecule is CN(C)c1c2ccnsc-2c2c(=O)n(-c3ccccc3O)cnc12. The Morgan fingerprint density at radius 1 is 1.21 bits per heavy atom. The molecular formula is C17H14N4O2S. The van der Waals surface area contributed by atoms with Gasteiger partial charge in [0.2, 0.25) is 0 Å². The third-order valence-electron chi connectivity index (χ3n) is 3.96. The van der Waals surface area contributed by atoms with Gasteiger partial charge in [0.25, 0.3) is 5.56 Å². The van der Waals surface area contributed by atoms with Gasteiger partial charge in [0, 0.05) is 25.9 Å². The summed E-state index contributed by atoms with van der Waals surface area (Å²) in [6, 6.07) is 8.61. The van der Waals surface area contributed by atoms with Gasteiger partial charge in [0.05, 0.1) is 21.6 Å². The summed E-state index contributed by atoms with van der Waals surface area (Å²) >= 11 is 1.27. The van der Waals surface area contributed by atoms with Crippen LogP contribution in [0.25, 0.3) is 27.0 Å². The molecule has 1 aliphatic carbocycles. The Morgan fingerprint density at radius 3 is 2.75 bits per heavy atom. The fourth-order valence-corrected chi connectivity index (χ4v) is 3.70. The highest BCUT2D eigenvalue weighted by atomic mass is 32.1. The van der Waals surface area contributed by atoms with Gasteiger partial charge in [-0.25, -0.2) is 9.36 Å². The van der Waals surface area contributed by atoms with Crippen molar-refractivity contribution in [1.29, 1.82) is 0 Å². The van der Waals surface area contributed by atoms with Crippen molar-refractivity contribution in [1.82, 2.24) is 13.9 Å². The van der Waals surface area contributed by atoms with Crippen molar-refractivity contribution in [2.24, 2.45) is 0 Å². The third kappa shape index (κ3) is 1.98. The van der Waals surface area contributed by atoms with E-state index in [0.29, 0.717) is 16.6 Å². The first-order chi connectivity index (χ1) is 11.6. The van der Waals surface area contributed by atoms with Crippen LogP contribution in [-0.4, -0.2) is 33.1 Å². The molecule has 0 bridgehead atoms. The first-order valence-electron chi connectivity index (χ1n) is 7.33. The first kappa shape index (κ1) is 14.6. The van der Waals surface area contributed by atoms with Crippen molar-refractivity contribution in [3.63, 3.8) is 0 Å². The molecule has 0 radical (unpaired) electrons. The summed E-state index contributed by atoms with van der Waals surface area (Å²) in [6.45, 7) is 0. The first-order valence-corrected chi connectivity index (χ1v) is 8.10. The van der Waals surface area contributed by atoms with Crippen molar-refractivity contribution in [2.75, 3.05) is 19.0 Å². The number of phenols is 1. The van der Waals surface area contributed by atoms with Crippen LogP contribution in [0.2, 0.25) is 0 Å². The lowest BCUT2D eigenvalue weighted by Crippen LogP contribution is -2.19. The number of phenolic OH excluding ortho intramolecular Hbond substituents is 1. The molecule has 0 saturated carbocycles. The van der Waals surface area contributed by atoms with Gasteiger partial charge in [0.1, 0.15) is 17.6 Å². The number of hydrogen-bond donors (Lipinski definition) is 1. The molecule has 120 valence electrons. The minimum Gasteiger partial charge on any atom is -0.506 e. The highest BCUT2D eigenvalue weighted by molar-refractivity contribution is 7.10. The van der Waals surface area contributed by atoms with Crippen LogP contribution in [-0.2, 0) is 0 Å². The number of rotatable bonds is 2. The second-order valence-electron chi connectivity index (χ2n) is 5.63. The van der Waals surface area contributed by atoms with E-state index in [1.165, 1.54) is 22.4 Å². The summed E-state index contributed by atoms with van der Waals surface area (Å²) in [5.74, 6) is 0.0336. The summed E-state index contributed by atoms with van der Waals surface area (Å²) < 4.78 is 5.57. The van der Waals surface area contributed by atoms with Crippen LogP contribution in [0, 0.1) is 0 Å². The molecule has 1 N–H and O–H groups in total. The van der Waals surface area contributed by atoms with Crippen LogP contribution >= 0.6 is 11.5 Å². The Kier molecular flexibility index (Phi) is 3.24. The lowest BCUT2D eigenvalue weighted by atomic mass is 10.2. The molecule has 24 heavy (non-hydrogen) atoms. The Morgan fingerprint density at radius 2 is 2.00 bits per heavy atom. The van der Waals surface area contributed by atoms with E-state index in [1.807, 2.05) is 25.1 Å². The molecule has 1 aromatic carbocycles. The molecule has 0 amide bonds. The maximum Gasteiger partial charge on any atom is 0.267 e. The van der Waals surface area contributed by atoms with E-state index in [2.05, 4.69) is 9.36 Å². The number of nitrogens with zero attached hydrogens (tertiary/aromatic N) is 4. The minimum atomic E-state index is -0.219. The smallest absolute Gasteiger partial charge is 0.267 e. The zero-order valence-electron chi connectivity index (χ0n) is 13.1. The van der Waals surface area contributed by atoms with Crippen LogP contribution in [0.1, 0.15) is 0 Å². The van der Waals surface area contributed by atoms with Crippen LogP contribution in [0.15, 0.2) is 47.7 Å². The van der Waals surface area contributed by atoms with Gasteiger partial charge < -0.3 is 10.0 Å². The molecule has 0 atom stereocenters. The Balaban J connectivity index is 2.14. The molecule has 2 aromatic rings. The molecule has 1 aliphatic heterocycles. The van der Waals surface area contributed by atoms with Crippen molar-refractivity contribution in [3.05, 3.63) is 53.2 Å². The summed E-state index contributed by atoms with van der Waals surface area (Å²) in [4.78, 5) is 20.4. The predicted octanol–water partition coefficient (Wildman–Crippen LogP) is 2.72. The summed E-state index contributed by atoms with van der Waals surface area (Å²) in [5.41, 5.74) is 2.70. The van der Waals surface area contributed by atoms with E-state index in [4.69, 9.17) is 0 Å². The number of anilines is 1. The van der Waals surface area contributed by atoms with Gasteiger partial charge in [0.15, 0.2) is 0 Å². The fourth-order valence-electron chi connectivity index (χ4n) is 2.94. The number of fused-ring (bicyclic) bond motifs is 3. The molecule has 6 nitrogen and oxygen atoms in total. The molecule has 0 fully saturated rings. The number of hydrogen-bond acceptors (Lipinski definition) is 6. The molecule has 4 rings (SSSR count). The molecule has 1 aromatic heterocycles. The maximum absolute atomic E-state index is 13.1. The minimum absolute atomic E-state index is 0.0336. The molecule has 0 spiro atoms. The average Bonchev–Trinajstić information content (AvgIpc) is 2.91. The topological polar surface area (TPSA) is 71.2 Å². The number of aromatic hydroxyl groups is 1. The van der Waals surface area contributed by atoms with Crippen LogP contribution in [0.4, 0.5) is 5.69 Å². The normalized spacial score (nSPS) is 11.2. The van der Waals surface area contributed by atoms with Crippen LogP contribution in [0.3, 0.4) is 0 Å². The van der Waals surface area contributed by atoms with Gasteiger partial charge in [-0.05, 0) is 29.7 Å². The largest absolute Gasteiger partial charge is 0.506 e. The summed E-state index contributed by atoms with van der Waals surface area (Å²) in [7, 11) is 3.85. The van der Waals surface area contributed by atoms with Gasteiger partial charge >= 0.3 is 0 Å². The zero-order chi connectivity index (χ0) is 16.8. The van der Waals surface area contributed by atoms with E-state index in [-0.39, 0.29) is 11.3 Å².